The average Bonchev–Trinajstić information content (AvgIpc) is 2.39. The third kappa shape index (κ3) is 2.87. The van der Waals surface area contributed by atoms with Gasteiger partial charge in [0.25, 0.3) is 0 Å². The fraction of sp³-hybridized carbons (Fsp3) is 0.667. The number of anilines is 1. The second-order valence-electron chi connectivity index (χ2n) is 4.45. The van der Waals surface area contributed by atoms with E-state index < -0.39 is 0 Å². The van der Waals surface area contributed by atoms with Crippen LogP contribution in [0.25, 0.3) is 0 Å². The number of aromatic nitrogens is 2. The van der Waals surface area contributed by atoms with Crippen molar-refractivity contribution < 1.29 is 4.74 Å². The second-order valence-corrected chi connectivity index (χ2v) is 4.72. The molecule has 2 heterocycles. The molecule has 0 amide bonds. The number of halogens is 1. The van der Waals surface area contributed by atoms with Gasteiger partial charge in [-0.1, -0.05) is 13.8 Å². The zero-order valence-corrected chi connectivity index (χ0v) is 11.1. The van der Waals surface area contributed by atoms with Gasteiger partial charge in [-0.25, -0.2) is 9.97 Å². The molecule has 2 rings (SSSR count). The Hall–Kier alpha value is -0.870. The van der Waals surface area contributed by atoms with Crippen LogP contribution >= 0.6 is 11.6 Å². The SMILES string of the molecule is CC(C)c1ncc(N2CCOCC2)c(CCl)n1. The molecule has 0 unspecified atom stereocenters. The smallest absolute Gasteiger partial charge is 0.131 e. The molecular weight excluding hydrogens is 238 g/mol. The Morgan fingerprint density at radius 2 is 2.12 bits per heavy atom. The van der Waals surface area contributed by atoms with Crippen LogP contribution in [0.2, 0.25) is 0 Å². The molecule has 0 saturated carbocycles. The summed E-state index contributed by atoms with van der Waals surface area (Å²) in [4.78, 5) is 11.2. The van der Waals surface area contributed by atoms with E-state index in [9.17, 15) is 0 Å². The summed E-state index contributed by atoms with van der Waals surface area (Å²) in [7, 11) is 0. The Kier molecular flexibility index (Phi) is 4.18. The van der Waals surface area contributed by atoms with Crippen molar-refractivity contribution in [3.63, 3.8) is 0 Å². The monoisotopic (exact) mass is 255 g/mol. The normalized spacial score (nSPS) is 16.6. The van der Waals surface area contributed by atoms with Crippen LogP contribution in [0.5, 0.6) is 0 Å². The van der Waals surface area contributed by atoms with E-state index in [4.69, 9.17) is 16.3 Å². The number of nitrogens with zero attached hydrogens (tertiary/aromatic N) is 3. The van der Waals surface area contributed by atoms with Gasteiger partial charge in [-0.15, -0.1) is 11.6 Å². The number of morpholine rings is 1. The molecule has 1 aliphatic rings. The molecule has 1 saturated heterocycles. The maximum Gasteiger partial charge on any atom is 0.131 e. The van der Waals surface area contributed by atoms with Gasteiger partial charge in [-0.05, 0) is 0 Å². The van der Waals surface area contributed by atoms with Gasteiger partial charge in [0.15, 0.2) is 0 Å². The third-order valence-corrected chi connectivity index (χ3v) is 3.11. The van der Waals surface area contributed by atoms with Gasteiger partial charge < -0.3 is 9.64 Å². The molecule has 0 radical (unpaired) electrons. The van der Waals surface area contributed by atoms with Gasteiger partial charge in [0.2, 0.25) is 0 Å². The largest absolute Gasteiger partial charge is 0.378 e. The summed E-state index contributed by atoms with van der Waals surface area (Å²) in [6.07, 6.45) is 1.89. The van der Waals surface area contributed by atoms with E-state index in [1.54, 1.807) is 0 Å². The average molecular weight is 256 g/mol. The molecule has 94 valence electrons. The summed E-state index contributed by atoms with van der Waals surface area (Å²) in [6.45, 7) is 7.45. The first kappa shape index (κ1) is 12.6. The third-order valence-electron chi connectivity index (χ3n) is 2.86. The number of alkyl halides is 1. The van der Waals surface area contributed by atoms with E-state index >= 15 is 0 Å². The van der Waals surface area contributed by atoms with Crippen molar-refractivity contribution in [1.29, 1.82) is 0 Å². The van der Waals surface area contributed by atoms with Crippen LogP contribution in [-0.2, 0) is 10.6 Å². The molecule has 0 aromatic carbocycles. The molecule has 0 aliphatic carbocycles. The fourth-order valence-corrected chi connectivity index (χ4v) is 2.07. The highest BCUT2D eigenvalue weighted by Gasteiger charge is 2.17. The van der Waals surface area contributed by atoms with Gasteiger partial charge in [0, 0.05) is 19.0 Å². The summed E-state index contributed by atoms with van der Waals surface area (Å²) in [5.41, 5.74) is 1.97. The minimum absolute atomic E-state index is 0.329. The van der Waals surface area contributed by atoms with Crippen LogP contribution in [0, 0.1) is 0 Å². The predicted molar refractivity (Wildman–Crippen MR) is 68.7 cm³/mol. The van der Waals surface area contributed by atoms with Crippen molar-refractivity contribution in [1.82, 2.24) is 9.97 Å². The van der Waals surface area contributed by atoms with Crippen molar-refractivity contribution in [2.24, 2.45) is 0 Å². The molecule has 1 aromatic heterocycles. The Morgan fingerprint density at radius 1 is 1.41 bits per heavy atom. The van der Waals surface area contributed by atoms with Gasteiger partial charge in [-0.3, -0.25) is 0 Å². The molecule has 0 spiro atoms. The zero-order valence-electron chi connectivity index (χ0n) is 10.3. The van der Waals surface area contributed by atoms with Crippen molar-refractivity contribution >= 4 is 17.3 Å². The molecule has 4 nitrogen and oxygen atoms in total. The quantitative estimate of drug-likeness (QED) is 0.776. The maximum absolute atomic E-state index is 5.98. The molecule has 1 aliphatic heterocycles. The van der Waals surface area contributed by atoms with Crippen LogP contribution < -0.4 is 4.90 Å². The summed E-state index contributed by atoms with van der Waals surface area (Å²) in [6, 6.07) is 0. The standard InChI is InChI=1S/C12H18ClN3O/c1-9(2)12-14-8-11(10(7-13)15-12)16-3-5-17-6-4-16/h8-9H,3-7H2,1-2H3. The summed E-state index contributed by atoms with van der Waals surface area (Å²) in [5, 5.41) is 0. The highest BCUT2D eigenvalue weighted by atomic mass is 35.5. The summed E-state index contributed by atoms with van der Waals surface area (Å²) < 4.78 is 5.34. The van der Waals surface area contributed by atoms with Crippen LogP contribution in [0.15, 0.2) is 6.20 Å². The second kappa shape index (κ2) is 5.65. The molecule has 0 bridgehead atoms. The van der Waals surface area contributed by atoms with Crippen LogP contribution in [0.1, 0.15) is 31.3 Å². The minimum atomic E-state index is 0.329. The first-order valence-electron chi connectivity index (χ1n) is 5.97. The molecule has 1 aromatic rings. The summed E-state index contributed by atoms with van der Waals surface area (Å²) >= 11 is 5.98. The van der Waals surface area contributed by atoms with Crippen LogP contribution in [0.4, 0.5) is 5.69 Å². The predicted octanol–water partition coefficient (Wildman–Crippen LogP) is 2.18. The Labute approximate surface area is 107 Å². The van der Waals surface area contributed by atoms with E-state index in [1.807, 2.05) is 6.20 Å². The molecular formula is C12H18ClN3O. The molecule has 1 fully saturated rings. The van der Waals surface area contributed by atoms with E-state index in [1.165, 1.54) is 0 Å². The van der Waals surface area contributed by atoms with Gasteiger partial charge in [0.05, 0.1) is 36.7 Å². The Morgan fingerprint density at radius 3 is 2.71 bits per heavy atom. The minimum Gasteiger partial charge on any atom is -0.378 e. The van der Waals surface area contributed by atoms with E-state index in [0.29, 0.717) is 11.8 Å². The lowest BCUT2D eigenvalue weighted by atomic mass is 10.2. The van der Waals surface area contributed by atoms with Gasteiger partial charge in [0.1, 0.15) is 5.82 Å². The number of hydrogen-bond acceptors (Lipinski definition) is 4. The van der Waals surface area contributed by atoms with Gasteiger partial charge in [-0.2, -0.15) is 0 Å². The van der Waals surface area contributed by atoms with Crippen molar-refractivity contribution in [2.75, 3.05) is 31.2 Å². The number of rotatable bonds is 3. The van der Waals surface area contributed by atoms with Gasteiger partial charge >= 0.3 is 0 Å². The van der Waals surface area contributed by atoms with Crippen LogP contribution in [-0.4, -0.2) is 36.3 Å². The van der Waals surface area contributed by atoms with Crippen molar-refractivity contribution in [3.8, 4) is 0 Å². The first-order chi connectivity index (χ1) is 8.22. The lowest BCUT2D eigenvalue weighted by Gasteiger charge is -2.29. The lowest BCUT2D eigenvalue weighted by molar-refractivity contribution is 0.122. The highest BCUT2D eigenvalue weighted by Crippen LogP contribution is 2.22. The number of hydrogen-bond donors (Lipinski definition) is 0. The topological polar surface area (TPSA) is 38.2 Å². The maximum atomic E-state index is 5.98. The molecule has 17 heavy (non-hydrogen) atoms. The first-order valence-corrected chi connectivity index (χ1v) is 6.50. The highest BCUT2D eigenvalue weighted by molar-refractivity contribution is 6.17. The van der Waals surface area contributed by atoms with E-state index in [-0.39, 0.29) is 0 Å². The summed E-state index contributed by atoms with van der Waals surface area (Å²) in [5.74, 6) is 1.61. The lowest BCUT2D eigenvalue weighted by Crippen LogP contribution is -2.37. The van der Waals surface area contributed by atoms with Crippen molar-refractivity contribution in [2.45, 2.75) is 25.6 Å². The van der Waals surface area contributed by atoms with E-state index in [2.05, 4.69) is 28.7 Å². The van der Waals surface area contributed by atoms with Crippen molar-refractivity contribution in [3.05, 3.63) is 17.7 Å². The van der Waals surface area contributed by atoms with E-state index in [0.717, 1.165) is 43.5 Å². The molecule has 0 atom stereocenters. The molecule has 0 N–H and O–H groups in total. The number of ether oxygens (including phenoxy) is 1. The molecule has 5 heteroatoms. The zero-order chi connectivity index (χ0) is 12.3. The van der Waals surface area contributed by atoms with Crippen LogP contribution in [0.3, 0.4) is 0 Å². The Balaban J connectivity index is 2.26. The fourth-order valence-electron chi connectivity index (χ4n) is 1.87. The Bertz CT molecular complexity index is 378.